The maximum Gasteiger partial charge on any atom is 0.252 e. The standard InChI is InChI=1S/C14H25N3O6S3.ClH/c1-4-16-12-9-17(6-5-7-23-10(2)22-3)26(20,21)14-11(12)8-13(24-14)25(15,18)19;/h8,10,12,16H,4-7,9H2,1-3H3,(H2,15,18,19);1H. The van der Waals surface area contributed by atoms with Crippen LogP contribution in [0.5, 0.6) is 0 Å². The Bertz CT molecular complexity index is 827. The zero-order valence-corrected chi connectivity index (χ0v) is 18.6. The van der Waals surface area contributed by atoms with Crippen LogP contribution in [0.3, 0.4) is 0 Å². The monoisotopic (exact) mass is 463 g/mol. The van der Waals surface area contributed by atoms with Gasteiger partial charge in [0, 0.05) is 31.8 Å². The molecule has 0 aliphatic carbocycles. The van der Waals surface area contributed by atoms with Gasteiger partial charge in [0.2, 0.25) is 10.0 Å². The van der Waals surface area contributed by atoms with Gasteiger partial charge in [0.1, 0.15) is 8.42 Å². The highest BCUT2D eigenvalue weighted by Crippen LogP contribution is 2.39. The van der Waals surface area contributed by atoms with E-state index in [-0.39, 0.29) is 46.2 Å². The molecule has 1 aromatic rings. The van der Waals surface area contributed by atoms with Crippen LogP contribution in [0, 0.1) is 0 Å². The number of halogens is 1. The second-order valence-electron chi connectivity index (χ2n) is 5.85. The van der Waals surface area contributed by atoms with Crippen LogP contribution >= 0.6 is 23.7 Å². The van der Waals surface area contributed by atoms with Crippen molar-refractivity contribution >= 4 is 43.8 Å². The topological polar surface area (TPSA) is 128 Å². The van der Waals surface area contributed by atoms with E-state index in [1.165, 1.54) is 17.5 Å². The highest BCUT2D eigenvalue weighted by atomic mass is 35.5. The maximum absolute atomic E-state index is 12.9. The van der Waals surface area contributed by atoms with Crippen LogP contribution in [0.2, 0.25) is 0 Å². The molecule has 0 fully saturated rings. The molecule has 0 saturated carbocycles. The lowest BCUT2D eigenvalue weighted by molar-refractivity contribution is -0.111. The number of sulfonamides is 2. The smallest absolute Gasteiger partial charge is 0.252 e. The number of fused-ring (bicyclic) bond motifs is 1. The molecule has 1 aliphatic rings. The third kappa shape index (κ3) is 5.84. The molecule has 158 valence electrons. The van der Waals surface area contributed by atoms with Gasteiger partial charge in [0.05, 0.1) is 6.61 Å². The predicted molar refractivity (Wildman–Crippen MR) is 105 cm³/mol. The number of nitrogens with zero attached hydrogens (tertiary/aromatic N) is 1. The molecule has 9 nitrogen and oxygen atoms in total. The molecule has 1 aliphatic heterocycles. The number of thiophene rings is 1. The molecule has 2 rings (SSSR count). The number of ether oxygens (including phenoxy) is 2. The summed E-state index contributed by atoms with van der Waals surface area (Å²) >= 11 is 0.696. The summed E-state index contributed by atoms with van der Waals surface area (Å²) in [7, 11) is -6.21. The van der Waals surface area contributed by atoms with E-state index in [9.17, 15) is 16.8 Å². The molecular formula is C14H26ClN3O6S3. The predicted octanol–water partition coefficient (Wildman–Crippen LogP) is 0.871. The lowest BCUT2D eigenvalue weighted by atomic mass is 10.1. The molecule has 0 amide bonds. The minimum absolute atomic E-state index is 0. The van der Waals surface area contributed by atoms with E-state index in [0.29, 0.717) is 36.5 Å². The summed E-state index contributed by atoms with van der Waals surface area (Å²) < 4.78 is 60.7. The number of nitrogens with one attached hydrogen (secondary N) is 1. The molecule has 0 saturated heterocycles. The molecule has 0 aromatic carbocycles. The molecule has 3 N–H and O–H groups in total. The molecule has 13 heteroatoms. The van der Waals surface area contributed by atoms with E-state index in [1.54, 1.807) is 6.92 Å². The average molecular weight is 464 g/mol. The molecule has 2 heterocycles. The van der Waals surface area contributed by atoms with Crippen molar-refractivity contribution in [2.75, 3.05) is 33.4 Å². The maximum atomic E-state index is 12.9. The zero-order valence-electron chi connectivity index (χ0n) is 15.4. The first-order chi connectivity index (χ1) is 12.1. The third-order valence-electron chi connectivity index (χ3n) is 4.01. The Morgan fingerprint density at radius 1 is 1.48 bits per heavy atom. The van der Waals surface area contributed by atoms with Crippen molar-refractivity contribution in [3.8, 4) is 0 Å². The minimum Gasteiger partial charge on any atom is -0.356 e. The largest absolute Gasteiger partial charge is 0.356 e. The van der Waals surface area contributed by atoms with Crippen LogP contribution in [0.4, 0.5) is 0 Å². The summed E-state index contributed by atoms with van der Waals surface area (Å²) in [5.74, 6) is 0. The van der Waals surface area contributed by atoms with Gasteiger partial charge in [-0.05, 0) is 26.0 Å². The quantitative estimate of drug-likeness (QED) is 0.410. The highest BCUT2D eigenvalue weighted by molar-refractivity contribution is 7.94. The van der Waals surface area contributed by atoms with Crippen molar-refractivity contribution in [1.29, 1.82) is 0 Å². The number of hydrogen-bond acceptors (Lipinski definition) is 8. The van der Waals surface area contributed by atoms with E-state index in [0.717, 1.165) is 0 Å². The van der Waals surface area contributed by atoms with Gasteiger partial charge >= 0.3 is 0 Å². The molecule has 27 heavy (non-hydrogen) atoms. The third-order valence-corrected chi connectivity index (χ3v) is 8.97. The SMILES string of the molecule is CCNC1CN(CCCOC(C)OC)S(=O)(=O)c2sc(S(N)(=O)=O)cc21.Cl. The van der Waals surface area contributed by atoms with Crippen molar-refractivity contribution in [2.45, 2.75) is 41.0 Å². The normalized spacial score (nSPS) is 20.7. The van der Waals surface area contributed by atoms with Gasteiger partial charge in [-0.3, -0.25) is 0 Å². The van der Waals surface area contributed by atoms with Gasteiger partial charge in [0.15, 0.2) is 6.29 Å². The first-order valence-corrected chi connectivity index (χ1v) is 12.0. The Hall–Kier alpha value is -0.310. The molecule has 0 radical (unpaired) electrons. The zero-order chi connectivity index (χ0) is 19.5. The van der Waals surface area contributed by atoms with Gasteiger partial charge in [0.25, 0.3) is 10.0 Å². The van der Waals surface area contributed by atoms with Gasteiger partial charge < -0.3 is 14.8 Å². The molecule has 0 spiro atoms. The van der Waals surface area contributed by atoms with Gasteiger partial charge in [-0.25, -0.2) is 22.0 Å². The van der Waals surface area contributed by atoms with Crippen LogP contribution in [-0.4, -0.2) is 60.8 Å². The van der Waals surface area contributed by atoms with Crippen molar-refractivity contribution in [2.24, 2.45) is 5.14 Å². The molecule has 1 aromatic heterocycles. The number of likely N-dealkylation sites (N-methyl/N-ethyl adjacent to an activating group) is 1. The summed E-state index contributed by atoms with van der Waals surface area (Å²) in [5, 5.41) is 8.38. The average Bonchev–Trinajstić information content (AvgIpc) is 3.02. The van der Waals surface area contributed by atoms with E-state index in [1.807, 2.05) is 6.92 Å². The first-order valence-electron chi connectivity index (χ1n) is 8.15. The van der Waals surface area contributed by atoms with Gasteiger partial charge in [-0.2, -0.15) is 4.31 Å². The van der Waals surface area contributed by atoms with Crippen LogP contribution < -0.4 is 10.5 Å². The fraction of sp³-hybridized carbons (Fsp3) is 0.714. The number of primary sulfonamides is 1. The fourth-order valence-corrected chi connectivity index (χ4v) is 6.97. The Labute approximate surface area is 170 Å². The summed E-state index contributed by atoms with van der Waals surface area (Å²) in [6.45, 7) is 5.12. The Morgan fingerprint density at radius 3 is 2.70 bits per heavy atom. The molecule has 0 bridgehead atoms. The molecule has 2 unspecified atom stereocenters. The van der Waals surface area contributed by atoms with Crippen LogP contribution in [0.1, 0.15) is 31.9 Å². The van der Waals surface area contributed by atoms with Crippen LogP contribution in [0.15, 0.2) is 14.5 Å². The number of rotatable bonds is 9. The van der Waals surface area contributed by atoms with E-state index < -0.39 is 20.0 Å². The van der Waals surface area contributed by atoms with Gasteiger partial charge in [-0.1, -0.05) is 6.92 Å². The van der Waals surface area contributed by atoms with E-state index in [2.05, 4.69) is 5.32 Å². The lowest BCUT2D eigenvalue weighted by Crippen LogP contribution is -2.43. The number of hydrogen-bond donors (Lipinski definition) is 2. The lowest BCUT2D eigenvalue weighted by Gasteiger charge is -2.32. The van der Waals surface area contributed by atoms with Crippen LogP contribution in [0.25, 0.3) is 0 Å². The Balaban J connectivity index is 0.00000364. The second-order valence-corrected chi connectivity index (χ2v) is 10.8. The summed E-state index contributed by atoms with van der Waals surface area (Å²) in [5.41, 5.74) is 0.460. The fourth-order valence-electron chi connectivity index (χ4n) is 2.66. The Kier molecular flexibility index (Phi) is 9.10. The summed E-state index contributed by atoms with van der Waals surface area (Å²) in [6.07, 6.45) is 0.137. The minimum atomic E-state index is -3.96. The second kappa shape index (κ2) is 9.94. The van der Waals surface area contributed by atoms with Crippen molar-refractivity contribution < 1.29 is 26.3 Å². The Morgan fingerprint density at radius 2 is 2.15 bits per heavy atom. The number of nitrogens with two attached hydrogens (primary N) is 1. The summed E-state index contributed by atoms with van der Waals surface area (Å²) in [4.78, 5) is 0. The van der Waals surface area contributed by atoms with E-state index >= 15 is 0 Å². The van der Waals surface area contributed by atoms with Crippen molar-refractivity contribution in [3.05, 3.63) is 11.6 Å². The molecular weight excluding hydrogens is 438 g/mol. The highest BCUT2D eigenvalue weighted by Gasteiger charge is 2.39. The van der Waals surface area contributed by atoms with Crippen molar-refractivity contribution in [3.63, 3.8) is 0 Å². The van der Waals surface area contributed by atoms with E-state index in [4.69, 9.17) is 14.6 Å². The number of methoxy groups -OCH3 is 1. The van der Waals surface area contributed by atoms with Crippen LogP contribution in [-0.2, 0) is 29.5 Å². The van der Waals surface area contributed by atoms with Crippen molar-refractivity contribution in [1.82, 2.24) is 9.62 Å². The van der Waals surface area contributed by atoms with Gasteiger partial charge in [-0.15, -0.1) is 23.7 Å². The summed E-state index contributed by atoms with van der Waals surface area (Å²) in [6, 6.07) is 1.07. The molecule has 2 atom stereocenters. The first kappa shape index (κ1) is 24.7.